The summed E-state index contributed by atoms with van der Waals surface area (Å²) in [4.78, 5) is 4.58. The minimum absolute atomic E-state index is 0.244. The molecule has 0 aliphatic rings. The Labute approximate surface area is 122 Å². The van der Waals surface area contributed by atoms with E-state index in [9.17, 15) is 9.50 Å². The van der Waals surface area contributed by atoms with E-state index in [1.54, 1.807) is 18.2 Å². The van der Waals surface area contributed by atoms with Crippen LogP contribution in [0.15, 0.2) is 36.4 Å². The summed E-state index contributed by atoms with van der Waals surface area (Å²) in [5.74, 6) is 0.725. The number of aromatic hydroxyl groups is 1. The predicted octanol–water partition coefficient (Wildman–Crippen LogP) is 4.27. The first kappa shape index (κ1) is 13.6. The number of benzene rings is 2. The van der Waals surface area contributed by atoms with Gasteiger partial charge in [0.05, 0.1) is 11.0 Å². The zero-order valence-corrected chi connectivity index (χ0v) is 12.1. The second-order valence-electron chi connectivity index (χ2n) is 5.17. The molecule has 0 amide bonds. The molecule has 3 aromatic rings. The molecule has 0 saturated carbocycles. The average molecular weight is 284 g/mol. The lowest BCUT2D eigenvalue weighted by Gasteiger charge is -2.10. The number of nitrogens with zero attached hydrogens (tertiary/aromatic N) is 2. The fourth-order valence-corrected chi connectivity index (χ4v) is 2.62. The van der Waals surface area contributed by atoms with Gasteiger partial charge in [0.25, 0.3) is 0 Å². The van der Waals surface area contributed by atoms with E-state index in [0.29, 0.717) is 5.52 Å². The highest BCUT2D eigenvalue weighted by molar-refractivity contribution is 5.81. The second kappa shape index (κ2) is 5.20. The van der Waals surface area contributed by atoms with Gasteiger partial charge in [-0.05, 0) is 31.5 Å². The first-order valence-electron chi connectivity index (χ1n) is 7.06. The van der Waals surface area contributed by atoms with Gasteiger partial charge in [-0.3, -0.25) is 0 Å². The number of fused-ring (bicyclic) bond motifs is 1. The lowest BCUT2D eigenvalue weighted by atomic mass is 10.1. The molecule has 1 aromatic heterocycles. The number of imidazole rings is 1. The third kappa shape index (κ3) is 2.27. The van der Waals surface area contributed by atoms with Crippen molar-refractivity contribution >= 4 is 11.0 Å². The van der Waals surface area contributed by atoms with E-state index in [4.69, 9.17) is 0 Å². The number of aryl methyl sites for hydroxylation is 1. The summed E-state index contributed by atoms with van der Waals surface area (Å²) in [6.07, 6.45) is 0.952. The van der Waals surface area contributed by atoms with Crippen molar-refractivity contribution in [2.24, 2.45) is 0 Å². The van der Waals surface area contributed by atoms with Crippen LogP contribution in [0.4, 0.5) is 4.39 Å². The zero-order chi connectivity index (χ0) is 15.0. The molecule has 108 valence electrons. The predicted molar refractivity (Wildman–Crippen MR) is 81.8 cm³/mol. The van der Waals surface area contributed by atoms with E-state index in [-0.39, 0.29) is 11.6 Å². The van der Waals surface area contributed by atoms with E-state index in [2.05, 4.69) is 16.5 Å². The monoisotopic (exact) mass is 284 g/mol. The van der Waals surface area contributed by atoms with Crippen LogP contribution in [0.2, 0.25) is 0 Å². The summed E-state index contributed by atoms with van der Waals surface area (Å²) in [5.41, 5.74) is 3.21. The molecule has 2 aromatic carbocycles. The lowest BCUT2D eigenvalue weighted by Crippen LogP contribution is -2.00. The first-order valence-corrected chi connectivity index (χ1v) is 7.06. The Hall–Kier alpha value is -2.36. The molecule has 3 nitrogen and oxygen atoms in total. The van der Waals surface area contributed by atoms with Crippen LogP contribution in [0, 0.1) is 12.7 Å². The van der Waals surface area contributed by atoms with Gasteiger partial charge in [0.1, 0.15) is 17.4 Å². The summed E-state index contributed by atoms with van der Waals surface area (Å²) in [5, 5.41) is 9.90. The number of halogens is 1. The molecule has 0 atom stereocenters. The Bertz CT molecular complexity index is 808. The third-order valence-electron chi connectivity index (χ3n) is 3.70. The van der Waals surface area contributed by atoms with Gasteiger partial charge >= 0.3 is 0 Å². The molecule has 0 spiro atoms. The summed E-state index contributed by atoms with van der Waals surface area (Å²) >= 11 is 0. The van der Waals surface area contributed by atoms with Crippen LogP contribution in [0.1, 0.15) is 18.9 Å². The maximum atomic E-state index is 13.4. The van der Waals surface area contributed by atoms with E-state index < -0.39 is 0 Å². The quantitative estimate of drug-likeness (QED) is 0.780. The van der Waals surface area contributed by atoms with Crippen molar-refractivity contribution in [1.29, 1.82) is 0 Å². The molecule has 0 saturated heterocycles. The Kier molecular flexibility index (Phi) is 3.37. The highest BCUT2D eigenvalue weighted by atomic mass is 19.1. The van der Waals surface area contributed by atoms with Gasteiger partial charge in [-0.15, -0.1) is 0 Å². The molecule has 1 heterocycles. The SMILES string of the molecule is CCCn1c(-c2cccc(O)c2C)nc2cc(F)ccc21. The highest BCUT2D eigenvalue weighted by Gasteiger charge is 2.15. The molecule has 21 heavy (non-hydrogen) atoms. The molecule has 0 aliphatic carbocycles. The van der Waals surface area contributed by atoms with Crippen molar-refractivity contribution in [2.45, 2.75) is 26.8 Å². The summed E-state index contributed by atoms with van der Waals surface area (Å²) in [6, 6.07) is 10.0. The Morgan fingerprint density at radius 1 is 1.24 bits per heavy atom. The molecule has 0 aliphatic heterocycles. The molecule has 0 bridgehead atoms. The van der Waals surface area contributed by atoms with Crippen LogP contribution in [0.25, 0.3) is 22.4 Å². The van der Waals surface area contributed by atoms with Gasteiger partial charge in [0.2, 0.25) is 0 Å². The molecule has 3 rings (SSSR count). The minimum Gasteiger partial charge on any atom is -0.508 e. The Morgan fingerprint density at radius 2 is 2.05 bits per heavy atom. The van der Waals surface area contributed by atoms with Gasteiger partial charge in [-0.2, -0.15) is 0 Å². The molecule has 0 unspecified atom stereocenters. The number of phenols is 1. The Balaban J connectivity index is 2.30. The minimum atomic E-state index is -0.289. The number of aromatic nitrogens is 2. The normalized spacial score (nSPS) is 11.2. The smallest absolute Gasteiger partial charge is 0.141 e. The number of rotatable bonds is 3. The molecule has 1 N–H and O–H groups in total. The Morgan fingerprint density at radius 3 is 2.81 bits per heavy atom. The van der Waals surface area contributed by atoms with Gasteiger partial charge in [-0.1, -0.05) is 19.1 Å². The maximum absolute atomic E-state index is 13.4. The number of phenolic OH excluding ortho intramolecular Hbond substituents is 1. The van der Waals surface area contributed by atoms with Crippen molar-refractivity contribution in [3.05, 3.63) is 47.8 Å². The van der Waals surface area contributed by atoms with Crippen molar-refractivity contribution in [2.75, 3.05) is 0 Å². The van der Waals surface area contributed by atoms with E-state index in [1.165, 1.54) is 12.1 Å². The van der Waals surface area contributed by atoms with Crippen LogP contribution in [-0.2, 0) is 6.54 Å². The molecule has 4 heteroatoms. The van der Waals surface area contributed by atoms with Crippen molar-refractivity contribution in [3.8, 4) is 17.1 Å². The number of hydrogen-bond donors (Lipinski definition) is 1. The first-order chi connectivity index (χ1) is 10.1. The van der Waals surface area contributed by atoms with Crippen LogP contribution in [-0.4, -0.2) is 14.7 Å². The van der Waals surface area contributed by atoms with E-state index >= 15 is 0 Å². The fourth-order valence-electron chi connectivity index (χ4n) is 2.62. The van der Waals surface area contributed by atoms with Gasteiger partial charge in [-0.25, -0.2) is 9.37 Å². The van der Waals surface area contributed by atoms with E-state index in [0.717, 1.165) is 35.4 Å². The van der Waals surface area contributed by atoms with Crippen molar-refractivity contribution < 1.29 is 9.50 Å². The topological polar surface area (TPSA) is 38.0 Å². The lowest BCUT2D eigenvalue weighted by molar-refractivity contribution is 0.471. The van der Waals surface area contributed by atoms with Crippen molar-refractivity contribution in [3.63, 3.8) is 0 Å². The zero-order valence-electron chi connectivity index (χ0n) is 12.1. The van der Waals surface area contributed by atoms with Crippen LogP contribution < -0.4 is 0 Å². The van der Waals surface area contributed by atoms with Gasteiger partial charge in [0, 0.05) is 23.7 Å². The largest absolute Gasteiger partial charge is 0.508 e. The third-order valence-corrected chi connectivity index (χ3v) is 3.70. The van der Waals surface area contributed by atoms with Crippen LogP contribution >= 0.6 is 0 Å². The molecular weight excluding hydrogens is 267 g/mol. The second-order valence-corrected chi connectivity index (χ2v) is 5.17. The molecular formula is C17H17FN2O. The van der Waals surface area contributed by atoms with Crippen molar-refractivity contribution in [1.82, 2.24) is 9.55 Å². The van der Waals surface area contributed by atoms with Crippen LogP contribution in [0.3, 0.4) is 0 Å². The summed E-state index contributed by atoms with van der Waals surface area (Å²) in [6.45, 7) is 4.75. The van der Waals surface area contributed by atoms with E-state index in [1.807, 2.05) is 13.0 Å². The van der Waals surface area contributed by atoms with Gasteiger partial charge < -0.3 is 9.67 Å². The standard InChI is InChI=1S/C17H17FN2O/c1-3-9-20-15-8-7-12(18)10-14(15)19-17(20)13-5-4-6-16(21)11(13)2/h4-8,10,21H,3,9H2,1-2H3. The number of hydrogen-bond acceptors (Lipinski definition) is 2. The maximum Gasteiger partial charge on any atom is 0.141 e. The molecule has 0 fully saturated rings. The highest BCUT2D eigenvalue weighted by Crippen LogP contribution is 2.31. The fraction of sp³-hybridized carbons (Fsp3) is 0.235. The van der Waals surface area contributed by atoms with Crippen LogP contribution in [0.5, 0.6) is 5.75 Å². The summed E-state index contributed by atoms with van der Waals surface area (Å²) in [7, 11) is 0. The molecule has 0 radical (unpaired) electrons. The van der Waals surface area contributed by atoms with Gasteiger partial charge in [0.15, 0.2) is 0 Å². The summed E-state index contributed by atoms with van der Waals surface area (Å²) < 4.78 is 15.5. The average Bonchev–Trinajstić information content (AvgIpc) is 2.80.